The number of hydrogen-bond donors (Lipinski definition) is 0. The molecule has 1 aliphatic heterocycles. The molecule has 0 spiro atoms. The molecule has 0 aliphatic carbocycles. The zero-order chi connectivity index (χ0) is 22.0. The van der Waals surface area contributed by atoms with Crippen LogP contribution in [0.15, 0.2) is 48.5 Å². The molecule has 2 aromatic rings. The number of amides is 2. The summed E-state index contributed by atoms with van der Waals surface area (Å²) in [6.45, 7) is 4.42. The molecular formula is C20H20N4O6. The second kappa shape index (κ2) is 8.27. The quantitative estimate of drug-likeness (QED) is 0.548. The van der Waals surface area contributed by atoms with Gasteiger partial charge in [-0.3, -0.25) is 29.8 Å². The number of nitro groups is 2. The Morgan fingerprint density at radius 2 is 1.13 bits per heavy atom. The van der Waals surface area contributed by atoms with Gasteiger partial charge in [-0.1, -0.05) is 13.8 Å². The summed E-state index contributed by atoms with van der Waals surface area (Å²) in [5, 5.41) is 21.6. The smallest absolute Gasteiger partial charge is 0.269 e. The molecule has 0 radical (unpaired) electrons. The Balaban J connectivity index is 1.83. The molecule has 1 aliphatic rings. The average molecular weight is 412 g/mol. The Kier molecular flexibility index (Phi) is 5.77. The molecule has 0 atom stereocenters. The molecule has 2 aromatic carbocycles. The number of hydrogen-bond acceptors (Lipinski definition) is 6. The predicted molar refractivity (Wildman–Crippen MR) is 107 cm³/mol. The molecule has 156 valence electrons. The van der Waals surface area contributed by atoms with E-state index >= 15 is 0 Å². The first-order valence-corrected chi connectivity index (χ1v) is 9.31. The lowest BCUT2D eigenvalue weighted by molar-refractivity contribution is -0.385. The maximum Gasteiger partial charge on any atom is 0.269 e. The fraction of sp³-hybridized carbons (Fsp3) is 0.300. The van der Waals surface area contributed by atoms with Gasteiger partial charge in [-0.05, 0) is 30.2 Å². The van der Waals surface area contributed by atoms with Crippen molar-refractivity contribution >= 4 is 23.2 Å². The zero-order valence-electron chi connectivity index (χ0n) is 16.4. The number of carbonyl (C=O) groups excluding carboxylic acids is 2. The van der Waals surface area contributed by atoms with Gasteiger partial charge in [-0.2, -0.15) is 0 Å². The molecule has 1 heterocycles. The Labute approximate surface area is 172 Å². The lowest BCUT2D eigenvalue weighted by Crippen LogP contribution is -2.47. The van der Waals surface area contributed by atoms with Crippen LogP contribution in [0.2, 0.25) is 0 Å². The van der Waals surface area contributed by atoms with E-state index < -0.39 is 16.0 Å². The summed E-state index contributed by atoms with van der Waals surface area (Å²) in [5.41, 5.74) is 0.387. The highest BCUT2D eigenvalue weighted by molar-refractivity contribution is 5.97. The van der Waals surface area contributed by atoms with Gasteiger partial charge in [0.15, 0.2) is 0 Å². The van der Waals surface area contributed by atoms with Gasteiger partial charge in [-0.15, -0.1) is 0 Å². The lowest BCUT2D eigenvalue weighted by Gasteiger charge is -2.33. The molecule has 1 saturated heterocycles. The van der Waals surface area contributed by atoms with Gasteiger partial charge < -0.3 is 9.80 Å². The van der Waals surface area contributed by atoms with Crippen LogP contribution in [0, 0.1) is 26.1 Å². The van der Waals surface area contributed by atoms with Crippen molar-refractivity contribution in [3.05, 3.63) is 79.9 Å². The molecule has 10 nitrogen and oxygen atoms in total. The van der Waals surface area contributed by atoms with Crippen molar-refractivity contribution in [3.63, 3.8) is 0 Å². The van der Waals surface area contributed by atoms with Crippen LogP contribution < -0.4 is 0 Å². The Morgan fingerprint density at radius 1 is 0.800 bits per heavy atom. The number of non-ortho nitro benzene ring substituents is 2. The monoisotopic (exact) mass is 412 g/mol. The molecule has 2 amide bonds. The first kappa shape index (κ1) is 20.9. The van der Waals surface area contributed by atoms with E-state index in [1.165, 1.54) is 48.5 Å². The Hall–Kier alpha value is -3.82. The van der Waals surface area contributed by atoms with E-state index in [4.69, 9.17) is 0 Å². The molecule has 0 aromatic heterocycles. The van der Waals surface area contributed by atoms with Crippen molar-refractivity contribution in [2.24, 2.45) is 5.92 Å². The first-order chi connectivity index (χ1) is 14.2. The van der Waals surface area contributed by atoms with Crippen LogP contribution in [0.4, 0.5) is 11.4 Å². The highest BCUT2D eigenvalue weighted by Gasteiger charge is 2.40. The minimum absolute atomic E-state index is 0.0727. The van der Waals surface area contributed by atoms with E-state index in [0.29, 0.717) is 24.2 Å². The Morgan fingerprint density at radius 3 is 1.40 bits per heavy atom. The van der Waals surface area contributed by atoms with Crippen LogP contribution in [0.3, 0.4) is 0 Å². The molecule has 0 N–H and O–H groups in total. The SMILES string of the molecule is CC(C)C1N(C(=O)c2ccc([N+](=O)[O-])cc2)CCN1C(=O)c1ccc([N+](=O)[O-])cc1. The molecule has 1 fully saturated rings. The summed E-state index contributed by atoms with van der Waals surface area (Å²) in [5.74, 6) is -0.707. The molecular weight excluding hydrogens is 392 g/mol. The molecule has 0 bridgehead atoms. The molecule has 3 rings (SSSR count). The fourth-order valence-corrected chi connectivity index (χ4v) is 3.59. The van der Waals surface area contributed by atoms with Gasteiger partial charge in [0.25, 0.3) is 23.2 Å². The lowest BCUT2D eigenvalue weighted by atomic mass is 10.1. The maximum absolute atomic E-state index is 13.0. The number of nitro benzene ring substituents is 2. The van der Waals surface area contributed by atoms with Crippen LogP contribution in [0.25, 0.3) is 0 Å². The van der Waals surface area contributed by atoms with Crippen molar-refractivity contribution in [1.82, 2.24) is 9.80 Å². The third kappa shape index (κ3) is 3.97. The van der Waals surface area contributed by atoms with E-state index in [0.717, 1.165) is 0 Å². The second-order valence-electron chi connectivity index (χ2n) is 7.26. The van der Waals surface area contributed by atoms with Gasteiger partial charge in [0, 0.05) is 48.5 Å². The number of rotatable bonds is 5. The summed E-state index contributed by atoms with van der Waals surface area (Å²) in [6.07, 6.45) is -0.504. The summed E-state index contributed by atoms with van der Waals surface area (Å²) >= 11 is 0. The van der Waals surface area contributed by atoms with Crippen molar-refractivity contribution in [2.75, 3.05) is 13.1 Å². The Bertz CT molecular complexity index is 910. The van der Waals surface area contributed by atoms with Crippen LogP contribution in [-0.2, 0) is 0 Å². The van der Waals surface area contributed by atoms with Crippen molar-refractivity contribution in [3.8, 4) is 0 Å². The van der Waals surface area contributed by atoms with E-state index in [9.17, 15) is 29.8 Å². The van der Waals surface area contributed by atoms with E-state index in [1.807, 2.05) is 13.8 Å². The summed E-state index contributed by atoms with van der Waals surface area (Å²) in [7, 11) is 0. The van der Waals surface area contributed by atoms with Crippen LogP contribution >= 0.6 is 0 Å². The van der Waals surface area contributed by atoms with Crippen LogP contribution in [0.1, 0.15) is 34.6 Å². The largest absolute Gasteiger partial charge is 0.316 e. The number of nitrogens with zero attached hydrogens (tertiary/aromatic N) is 4. The number of benzene rings is 2. The van der Waals surface area contributed by atoms with Crippen molar-refractivity contribution < 1.29 is 19.4 Å². The second-order valence-corrected chi connectivity index (χ2v) is 7.26. The fourth-order valence-electron chi connectivity index (χ4n) is 3.59. The van der Waals surface area contributed by atoms with Crippen LogP contribution in [0.5, 0.6) is 0 Å². The minimum atomic E-state index is -0.536. The van der Waals surface area contributed by atoms with Gasteiger partial charge in [0.1, 0.15) is 6.17 Å². The highest BCUT2D eigenvalue weighted by atomic mass is 16.6. The van der Waals surface area contributed by atoms with Crippen LogP contribution in [-0.4, -0.2) is 50.7 Å². The highest BCUT2D eigenvalue weighted by Crippen LogP contribution is 2.27. The summed E-state index contributed by atoms with van der Waals surface area (Å²) < 4.78 is 0. The van der Waals surface area contributed by atoms with Gasteiger partial charge in [0.2, 0.25) is 0 Å². The third-order valence-corrected chi connectivity index (χ3v) is 4.99. The molecule has 30 heavy (non-hydrogen) atoms. The van der Waals surface area contributed by atoms with Gasteiger partial charge in [0.05, 0.1) is 9.85 Å². The molecule has 0 unspecified atom stereocenters. The predicted octanol–water partition coefficient (Wildman–Crippen LogP) is 3.08. The average Bonchev–Trinajstić information content (AvgIpc) is 3.18. The summed E-state index contributed by atoms with van der Waals surface area (Å²) in [6, 6.07) is 10.7. The topological polar surface area (TPSA) is 127 Å². The number of carbonyl (C=O) groups is 2. The standard InChI is InChI=1S/C20H20N4O6/c1-13(2)18-21(19(25)14-3-7-16(8-4-14)23(27)28)11-12-22(18)20(26)15-5-9-17(10-6-15)24(29)30/h3-10,13,18H,11-12H2,1-2H3. The minimum Gasteiger partial charge on any atom is -0.316 e. The van der Waals surface area contributed by atoms with Crippen molar-refractivity contribution in [1.29, 1.82) is 0 Å². The van der Waals surface area contributed by atoms with Gasteiger partial charge >= 0.3 is 0 Å². The third-order valence-electron chi connectivity index (χ3n) is 4.99. The molecule has 10 heteroatoms. The maximum atomic E-state index is 13.0. The summed E-state index contributed by atoms with van der Waals surface area (Å²) in [4.78, 5) is 49.7. The van der Waals surface area contributed by atoms with Crippen molar-refractivity contribution in [2.45, 2.75) is 20.0 Å². The van der Waals surface area contributed by atoms with Gasteiger partial charge in [-0.25, -0.2) is 0 Å². The van der Waals surface area contributed by atoms with E-state index in [1.54, 1.807) is 9.80 Å². The van der Waals surface area contributed by atoms with E-state index in [2.05, 4.69) is 0 Å². The van der Waals surface area contributed by atoms with E-state index in [-0.39, 0.29) is 29.1 Å². The zero-order valence-corrected chi connectivity index (χ0v) is 16.4. The normalized spacial score (nSPS) is 14.2. The first-order valence-electron chi connectivity index (χ1n) is 9.31. The molecule has 0 saturated carbocycles.